The quantitative estimate of drug-likeness (QED) is 0.352. The van der Waals surface area contributed by atoms with Gasteiger partial charge in [-0.1, -0.05) is 79.9 Å². The molecule has 1 saturated carbocycles. The standard InChI is InChI=1S/C23H28N4/c24-19-27-22(25-17-14-20-10-4-1-5-11-20)26-18-23(15-8-3-9-16-23)21-12-6-2-7-13-21/h1-2,4-7,10-13H,3,8-9,14-18H2,(H2,25,26,27). The maximum Gasteiger partial charge on any atom is 0.204 e. The number of nitrogens with one attached hydrogen (secondary N) is 2. The first-order valence-corrected chi connectivity index (χ1v) is 9.85. The van der Waals surface area contributed by atoms with Gasteiger partial charge >= 0.3 is 0 Å². The van der Waals surface area contributed by atoms with E-state index in [4.69, 9.17) is 10.3 Å². The molecule has 0 amide bonds. The largest absolute Gasteiger partial charge is 0.355 e. The molecular formula is C23H28N4. The number of hydrogen-bond donors (Lipinski definition) is 2. The van der Waals surface area contributed by atoms with E-state index in [2.05, 4.69) is 53.1 Å². The Morgan fingerprint density at radius 2 is 1.63 bits per heavy atom. The summed E-state index contributed by atoms with van der Waals surface area (Å²) in [5, 5.41) is 15.1. The summed E-state index contributed by atoms with van der Waals surface area (Å²) in [6, 6.07) is 21.1. The fourth-order valence-electron chi connectivity index (χ4n) is 3.95. The zero-order valence-corrected chi connectivity index (χ0v) is 15.8. The highest BCUT2D eigenvalue weighted by Crippen LogP contribution is 2.39. The molecule has 4 nitrogen and oxygen atoms in total. The number of benzene rings is 2. The summed E-state index contributed by atoms with van der Waals surface area (Å²) in [4.78, 5) is 4.79. The highest BCUT2D eigenvalue weighted by Gasteiger charge is 2.33. The van der Waals surface area contributed by atoms with Gasteiger partial charge in [0, 0.05) is 12.0 Å². The zero-order chi connectivity index (χ0) is 18.8. The van der Waals surface area contributed by atoms with Gasteiger partial charge in [-0.25, -0.2) is 0 Å². The molecule has 2 aromatic rings. The van der Waals surface area contributed by atoms with Crippen LogP contribution in [0.3, 0.4) is 0 Å². The van der Waals surface area contributed by atoms with Gasteiger partial charge in [-0.3, -0.25) is 10.3 Å². The molecule has 4 heteroatoms. The molecule has 3 rings (SSSR count). The Balaban J connectivity index is 1.67. The number of nitriles is 1. The molecule has 0 heterocycles. The first kappa shape index (κ1) is 19.0. The molecule has 27 heavy (non-hydrogen) atoms. The highest BCUT2D eigenvalue weighted by atomic mass is 15.2. The maximum absolute atomic E-state index is 9.09. The van der Waals surface area contributed by atoms with Gasteiger partial charge in [0.15, 0.2) is 6.19 Å². The second kappa shape index (κ2) is 9.78. The topological polar surface area (TPSA) is 60.2 Å². The molecule has 0 bridgehead atoms. The second-order valence-electron chi connectivity index (χ2n) is 7.27. The molecule has 0 atom stereocenters. The molecule has 1 aliphatic rings. The highest BCUT2D eigenvalue weighted by molar-refractivity contribution is 5.81. The van der Waals surface area contributed by atoms with E-state index in [0.717, 1.165) is 25.8 Å². The van der Waals surface area contributed by atoms with E-state index in [1.807, 2.05) is 24.4 Å². The number of guanidine groups is 1. The van der Waals surface area contributed by atoms with Crippen LogP contribution in [0.4, 0.5) is 0 Å². The summed E-state index contributed by atoms with van der Waals surface area (Å²) in [5.41, 5.74) is 2.73. The van der Waals surface area contributed by atoms with Crippen LogP contribution in [0.2, 0.25) is 0 Å². The van der Waals surface area contributed by atoms with Crippen LogP contribution in [-0.2, 0) is 11.8 Å². The Labute approximate surface area is 162 Å². The van der Waals surface area contributed by atoms with E-state index >= 15 is 0 Å². The van der Waals surface area contributed by atoms with Crippen molar-refractivity contribution in [2.45, 2.75) is 43.9 Å². The molecule has 0 aromatic heterocycles. The molecule has 0 spiro atoms. The number of hydrogen-bond acceptors (Lipinski definition) is 2. The van der Waals surface area contributed by atoms with Crippen molar-refractivity contribution in [3.05, 3.63) is 71.8 Å². The van der Waals surface area contributed by atoms with Crippen molar-refractivity contribution in [1.29, 1.82) is 5.26 Å². The molecule has 2 aromatic carbocycles. The lowest BCUT2D eigenvalue weighted by Gasteiger charge is -2.36. The summed E-state index contributed by atoms with van der Waals surface area (Å²) in [6.07, 6.45) is 9.02. The van der Waals surface area contributed by atoms with Crippen LogP contribution in [0.25, 0.3) is 0 Å². The first-order valence-electron chi connectivity index (χ1n) is 9.85. The van der Waals surface area contributed by atoms with Crippen molar-refractivity contribution >= 4 is 5.96 Å². The molecule has 0 radical (unpaired) electrons. The van der Waals surface area contributed by atoms with E-state index in [1.54, 1.807) is 0 Å². The summed E-state index contributed by atoms with van der Waals surface area (Å²) in [7, 11) is 0. The second-order valence-corrected chi connectivity index (χ2v) is 7.27. The van der Waals surface area contributed by atoms with Gasteiger partial charge in [0.05, 0.1) is 6.54 Å². The predicted molar refractivity (Wildman–Crippen MR) is 110 cm³/mol. The SMILES string of the molecule is N#CNC(=NCC1(c2ccccc2)CCCCC1)NCCc1ccccc1. The van der Waals surface area contributed by atoms with E-state index in [-0.39, 0.29) is 5.41 Å². The summed E-state index contributed by atoms with van der Waals surface area (Å²) >= 11 is 0. The lowest BCUT2D eigenvalue weighted by Crippen LogP contribution is -2.39. The monoisotopic (exact) mass is 360 g/mol. The minimum atomic E-state index is 0.0863. The summed E-state index contributed by atoms with van der Waals surface area (Å²) < 4.78 is 0. The maximum atomic E-state index is 9.09. The smallest absolute Gasteiger partial charge is 0.204 e. The molecular weight excluding hydrogens is 332 g/mol. The van der Waals surface area contributed by atoms with Crippen molar-refractivity contribution in [3.63, 3.8) is 0 Å². The number of nitrogens with zero attached hydrogens (tertiary/aromatic N) is 2. The minimum Gasteiger partial charge on any atom is -0.355 e. The zero-order valence-electron chi connectivity index (χ0n) is 15.8. The third-order valence-corrected chi connectivity index (χ3v) is 5.46. The van der Waals surface area contributed by atoms with Crippen molar-refractivity contribution in [2.24, 2.45) is 4.99 Å². The Morgan fingerprint density at radius 1 is 0.963 bits per heavy atom. The molecule has 2 N–H and O–H groups in total. The fraction of sp³-hybridized carbons (Fsp3) is 0.391. The number of aliphatic imine (C=N–C) groups is 1. The predicted octanol–water partition coefficient (Wildman–Crippen LogP) is 4.15. The normalized spacial score (nSPS) is 16.3. The van der Waals surface area contributed by atoms with E-state index in [9.17, 15) is 0 Å². The van der Waals surface area contributed by atoms with E-state index < -0.39 is 0 Å². The minimum absolute atomic E-state index is 0.0863. The van der Waals surface area contributed by atoms with Gasteiger partial charge in [0.25, 0.3) is 0 Å². The Hall–Kier alpha value is -2.80. The average molecular weight is 361 g/mol. The van der Waals surface area contributed by atoms with Gasteiger partial charge in [-0.15, -0.1) is 0 Å². The molecule has 1 aliphatic carbocycles. The van der Waals surface area contributed by atoms with Crippen molar-refractivity contribution < 1.29 is 0 Å². The molecule has 0 aliphatic heterocycles. The Kier molecular flexibility index (Phi) is 6.87. The van der Waals surface area contributed by atoms with Crippen LogP contribution in [0.1, 0.15) is 43.2 Å². The van der Waals surface area contributed by atoms with Crippen molar-refractivity contribution in [3.8, 4) is 6.19 Å². The van der Waals surface area contributed by atoms with E-state index in [0.29, 0.717) is 12.5 Å². The van der Waals surface area contributed by atoms with Gasteiger partial charge in [-0.05, 0) is 30.4 Å². The van der Waals surface area contributed by atoms with Crippen LogP contribution < -0.4 is 10.6 Å². The average Bonchev–Trinajstić information content (AvgIpc) is 2.74. The number of rotatable bonds is 6. The first-order chi connectivity index (χ1) is 13.3. The Bertz CT molecular complexity index is 756. The van der Waals surface area contributed by atoms with Crippen LogP contribution >= 0.6 is 0 Å². The molecule has 1 fully saturated rings. The van der Waals surface area contributed by atoms with Crippen LogP contribution in [-0.4, -0.2) is 19.0 Å². The van der Waals surface area contributed by atoms with Gasteiger partial charge < -0.3 is 5.32 Å². The van der Waals surface area contributed by atoms with Gasteiger partial charge in [-0.2, -0.15) is 5.26 Å². The molecule has 140 valence electrons. The van der Waals surface area contributed by atoms with Crippen molar-refractivity contribution in [1.82, 2.24) is 10.6 Å². The lowest BCUT2D eigenvalue weighted by atomic mass is 9.69. The summed E-state index contributed by atoms with van der Waals surface area (Å²) in [6.45, 7) is 1.45. The van der Waals surface area contributed by atoms with Crippen LogP contribution in [0, 0.1) is 11.5 Å². The summed E-state index contributed by atoms with van der Waals surface area (Å²) in [5.74, 6) is 0.578. The molecule has 0 unspecified atom stereocenters. The third kappa shape index (κ3) is 5.34. The lowest BCUT2D eigenvalue weighted by molar-refractivity contribution is 0.301. The van der Waals surface area contributed by atoms with Gasteiger partial charge in [0.2, 0.25) is 5.96 Å². The fourth-order valence-corrected chi connectivity index (χ4v) is 3.95. The van der Waals surface area contributed by atoms with Crippen molar-refractivity contribution in [2.75, 3.05) is 13.1 Å². The van der Waals surface area contributed by atoms with Crippen LogP contribution in [0.15, 0.2) is 65.7 Å². The molecule has 0 saturated heterocycles. The Morgan fingerprint density at radius 3 is 2.30 bits per heavy atom. The van der Waals surface area contributed by atoms with E-state index in [1.165, 1.54) is 30.4 Å². The van der Waals surface area contributed by atoms with Crippen LogP contribution in [0.5, 0.6) is 0 Å². The van der Waals surface area contributed by atoms with Gasteiger partial charge in [0.1, 0.15) is 0 Å². The third-order valence-electron chi connectivity index (χ3n) is 5.46.